The lowest BCUT2D eigenvalue weighted by atomic mass is 10.2. The first-order chi connectivity index (χ1) is 14.9. The van der Waals surface area contributed by atoms with Crippen molar-refractivity contribution in [3.8, 4) is 0 Å². The molecule has 158 valence electrons. The van der Waals surface area contributed by atoms with Crippen LogP contribution in [0.15, 0.2) is 55.0 Å². The number of carbonyl (C=O) groups excluding carboxylic acids is 1. The molecular formula is C21H17F3N6O. The van der Waals surface area contributed by atoms with Crippen LogP contribution in [0.4, 0.5) is 18.9 Å². The van der Waals surface area contributed by atoms with Crippen LogP contribution >= 0.6 is 0 Å². The molecule has 1 aromatic carbocycles. The van der Waals surface area contributed by atoms with Crippen molar-refractivity contribution in [2.24, 2.45) is 0 Å². The summed E-state index contributed by atoms with van der Waals surface area (Å²) >= 11 is 0. The number of aromatic nitrogens is 5. The van der Waals surface area contributed by atoms with E-state index in [0.29, 0.717) is 22.4 Å². The van der Waals surface area contributed by atoms with Gasteiger partial charge in [0.05, 0.1) is 12.7 Å². The van der Waals surface area contributed by atoms with E-state index >= 15 is 0 Å². The number of carbonyl (C=O) groups is 1. The largest absolute Gasteiger partial charge is 0.433 e. The molecule has 4 aromatic rings. The number of rotatable bonds is 5. The summed E-state index contributed by atoms with van der Waals surface area (Å²) in [5.74, 6) is -0.573. The second kappa shape index (κ2) is 7.22. The van der Waals surface area contributed by atoms with E-state index in [2.05, 4.69) is 20.5 Å². The molecule has 0 aliphatic heterocycles. The fourth-order valence-electron chi connectivity index (χ4n) is 3.46. The van der Waals surface area contributed by atoms with Gasteiger partial charge in [-0.2, -0.15) is 23.4 Å². The second-order valence-electron chi connectivity index (χ2n) is 7.49. The summed E-state index contributed by atoms with van der Waals surface area (Å²) in [5.41, 5.74) is 0.737. The highest BCUT2D eigenvalue weighted by molar-refractivity contribution is 6.08. The fraction of sp³-hybridized carbons (Fsp3) is 0.238. The number of nitrogens with one attached hydrogen (secondary N) is 1. The minimum absolute atomic E-state index is 0.00381. The van der Waals surface area contributed by atoms with Gasteiger partial charge >= 0.3 is 6.18 Å². The van der Waals surface area contributed by atoms with Gasteiger partial charge in [-0.1, -0.05) is 12.1 Å². The third-order valence-electron chi connectivity index (χ3n) is 5.11. The lowest BCUT2D eigenvalue weighted by Crippen LogP contribution is -2.16. The fourth-order valence-corrected chi connectivity index (χ4v) is 3.46. The summed E-state index contributed by atoms with van der Waals surface area (Å²) in [6.45, 7) is 0.522. The molecule has 0 saturated heterocycles. The van der Waals surface area contributed by atoms with Crippen LogP contribution in [0.1, 0.15) is 46.1 Å². The topological polar surface area (TPSA) is 77.1 Å². The van der Waals surface area contributed by atoms with Gasteiger partial charge < -0.3 is 5.32 Å². The Bertz CT molecular complexity index is 1260. The average Bonchev–Trinajstić information content (AvgIpc) is 3.28. The number of amides is 1. The van der Waals surface area contributed by atoms with Crippen molar-refractivity contribution >= 4 is 17.2 Å². The predicted octanol–water partition coefficient (Wildman–Crippen LogP) is 4.12. The van der Waals surface area contributed by atoms with Crippen LogP contribution in [0.2, 0.25) is 0 Å². The monoisotopic (exact) mass is 426 g/mol. The number of anilines is 1. The molecule has 0 spiro atoms. The van der Waals surface area contributed by atoms with Crippen molar-refractivity contribution in [2.75, 3.05) is 5.32 Å². The summed E-state index contributed by atoms with van der Waals surface area (Å²) in [7, 11) is 0. The highest BCUT2D eigenvalue weighted by atomic mass is 19.4. The van der Waals surface area contributed by atoms with E-state index < -0.39 is 17.8 Å². The highest BCUT2D eigenvalue weighted by Gasteiger charge is 2.38. The molecule has 5 rings (SSSR count). The Morgan fingerprint density at radius 2 is 2.00 bits per heavy atom. The van der Waals surface area contributed by atoms with E-state index in [0.717, 1.165) is 30.7 Å². The van der Waals surface area contributed by atoms with Gasteiger partial charge in [-0.15, -0.1) is 0 Å². The maximum Gasteiger partial charge on any atom is 0.433 e. The standard InChI is InChI=1S/C21H17F3N6O/c22-21(23,24)18-10-17(14-5-6-14)28-19-16(11-26-30(18)19)20(31)27-15-4-1-3-13(9-15)12-29-8-2-7-25-29/h1-4,7-11,14H,5-6,12H2,(H,27,31). The second-order valence-corrected chi connectivity index (χ2v) is 7.49. The van der Waals surface area contributed by atoms with Crippen LogP contribution in [0.5, 0.6) is 0 Å². The van der Waals surface area contributed by atoms with E-state index in [-0.39, 0.29) is 17.1 Å². The van der Waals surface area contributed by atoms with E-state index in [1.165, 1.54) is 0 Å². The Kier molecular flexibility index (Phi) is 4.49. The van der Waals surface area contributed by atoms with Gasteiger partial charge in [-0.3, -0.25) is 9.48 Å². The molecule has 3 aromatic heterocycles. The normalized spacial score (nSPS) is 14.2. The first kappa shape index (κ1) is 19.3. The van der Waals surface area contributed by atoms with Crippen LogP contribution in [-0.4, -0.2) is 30.3 Å². The molecule has 1 fully saturated rings. The summed E-state index contributed by atoms with van der Waals surface area (Å²) in [4.78, 5) is 17.2. The summed E-state index contributed by atoms with van der Waals surface area (Å²) in [6.07, 6.45) is 1.60. The summed E-state index contributed by atoms with van der Waals surface area (Å²) in [6, 6.07) is 10.0. The molecule has 3 heterocycles. The zero-order valence-corrected chi connectivity index (χ0v) is 16.2. The third-order valence-corrected chi connectivity index (χ3v) is 5.11. The van der Waals surface area contributed by atoms with Gasteiger partial charge in [0.15, 0.2) is 5.65 Å². The number of hydrogen-bond donors (Lipinski definition) is 1. The summed E-state index contributed by atoms with van der Waals surface area (Å²) in [5, 5.41) is 10.7. The van der Waals surface area contributed by atoms with E-state index in [4.69, 9.17) is 0 Å². The lowest BCUT2D eigenvalue weighted by molar-refractivity contribution is -0.142. The first-order valence-electron chi connectivity index (χ1n) is 9.72. The molecular weight excluding hydrogens is 409 g/mol. The van der Waals surface area contributed by atoms with Gasteiger partial charge in [-0.05, 0) is 42.7 Å². The van der Waals surface area contributed by atoms with Crippen molar-refractivity contribution in [2.45, 2.75) is 31.5 Å². The number of fused-ring (bicyclic) bond motifs is 1. The maximum atomic E-state index is 13.5. The average molecular weight is 426 g/mol. The number of hydrogen-bond acceptors (Lipinski definition) is 4. The molecule has 0 unspecified atom stereocenters. The molecule has 1 saturated carbocycles. The minimum atomic E-state index is -4.61. The molecule has 10 heteroatoms. The van der Waals surface area contributed by atoms with Crippen LogP contribution in [0.25, 0.3) is 5.65 Å². The van der Waals surface area contributed by atoms with Crippen molar-refractivity contribution in [3.05, 3.63) is 77.5 Å². The van der Waals surface area contributed by atoms with E-state index in [1.54, 1.807) is 29.1 Å². The molecule has 1 aliphatic carbocycles. The van der Waals surface area contributed by atoms with Gasteiger partial charge in [0.25, 0.3) is 5.91 Å². The number of halogens is 3. The van der Waals surface area contributed by atoms with Crippen LogP contribution in [-0.2, 0) is 12.7 Å². The molecule has 0 atom stereocenters. The zero-order chi connectivity index (χ0) is 21.6. The van der Waals surface area contributed by atoms with E-state index in [1.807, 2.05) is 18.3 Å². The van der Waals surface area contributed by atoms with Crippen molar-refractivity contribution in [3.63, 3.8) is 0 Å². The van der Waals surface area contributed by atoms with Crippen molar-refractivity contribution < 1.29 is 18.0 Å². The van der Waals surface area contributed by atoms with Crippen LogP contribution < -0.4 is 5.32 Å². The Labute approximate surface area is 174 Å². The summed E-state index contributed by atoms with van der Waals surface area (Å²) < 4.78 is 43.1. The highest BCUT2D eigenvalue weighted by Crippen LogP contribution is 2.41. The SMILES string of the molecule is O=C(Nc1cccc(Cn2cccn2)c1)c1cnn2c(C(F)(F)F)cc(C3CC3)nc12. The van der Waals surface area contributed by atoms with Gasteiger partial charge in [-0.25, -0.2) is 9.50 Å². The van der Waals surface area contributed by atoms with Crippen molar-refractivity contribution in [1.29, 1.82) is 0 Å². The van der Waals surface area contributed by atoms with Gasteiger partial charge in [0.2, 0.25) is 0 Å². The first-order valence-corrected chi connectivity index (χ1v) is 9.72. The lowest BCUT2D eigenvalue weighted by Gasteiger charge is -2.11. The van der Waals surface area contributed by atoms with Crippen LogP contribution in [0, 0.1) is 0 Å². The molecule has 0 bridgehead atoms. The number of benzene rings is 1. The van der Waals surface area contributed by atoms with Gasteiger partial charge in [0.1, 0.15) is 11.3 Å². The molecule has 1 aliphatic rings. The predicted molar refractivity (Wildman–Crippen MR) is 106 cm³/mol. The molecule has 0 radical (unpaired) electrons. The third kappa shape index (κ3) is 3.88. The number of alkyl halides is 3. The van der Waals surface area contributed by atoms with E-state index in [9.17, 15) is 18.0 Å². The zero-order valence-electron chi connectivity index (χ0n) is 16.2. The van der Waals surface area contributed by atoms with Crippen molar-refractivity contribution in [1.82, 2.24) is 24.4 Å². The Hall–Kier alpha value is -3.69. The Balaban J connectivity index is 1.46. The maximum absolute atomic E-state index is 13.5. The van der Waals surface area contributed by atoms with Crippen LogP contribution in [0.3, 0.4) is 0 Å². The van der Waals surface area contributed by atoms with Gasteiger partial charge in [0, 0.05) is 29.7 Å². The molecule has 1 amide bonds. The smallest absolute Gasteiger partial charge is 0.322 e. The number of nitrogens with zero attached hydrogens (tertiary/aromatic N) is 5. The molecule has 1 N–H and O–H groups in total. The Morgan fingerprint density at radius 1 is 1.16 bits per heavy atom. The quantitative estimate of drug-likeness (QED) is 0.521. The molecule has 7 nitrogen and oxygen atoms in total. The Morgan fingerprint density at radius 3 is 2.71 bits per heavy atom. The molecule has 31 heavy (non-hydrogen) atoms. The minimum Gasteiger partial charge on any atom is -0.322 e.